The Labute approximate surface area is 209 Å². The number of rotatable bonds is 6. The van der Waals surface area contributed by atoms with Crippen molar-refractivity contribution >= 4 is 33.4 Å². The molecule has 0 unspecified atom stereocenters. The van der Waals surface area contributed by atoms with Gasteiger partial charge in [-0.25, -0.2) is 0 Å². The van der Waals surface area contributed by atoms with Crippen molar-refractivity contribution in [2.45, 2.75) is 26.4 Å². The second-order valence-corrected chi connectivity index (χ2v) is 9.91. The fourth-order valence-electron chi connectivity index (χ4n) is 4.69. The van der Waals surface area contributed by atoms with Crippen LogP contribution in [0, 0.1) is 6.92 Å². The quantitative estimate of drug-likeness (QED) is 0.392. The maximum absolute atomic E-state index is 13.7. The zero-order valence-electron chi connectivity index (χ0n) is 20.0. The number of carbonyl (C=O) groups excluding carboxylic acids is 2. The summed E-state index contributed by atoms with van der Waals surface area (Å²) in [4.78, 5) is 31.3. The van der Waals surface area contributed by atoms with E-state index in [-0.39, 0.29) is 24.5 Å². The molecule has 3 heterocycles. The van der Waals surface area contributed by atoms with E-state index in [1.165, 1.54) is 11.1 Å². The monoisotopic (exact) mass is 487 g/mol. The van der Waals surface area contributed by atoms with Crippen molar-refractivity contribution in [2.24, 2.45) is 0 Å². The highest BCUT2D eigenvalue weighted by Crippen LogP contribution is 2.28. The van der Waals surface area contributed by atoms with Gasteiger partial charge >= 0.3 is 0 Å². The summed E-state index contributed by atoms with van der Waals surface area (Å²) in [7, 11) is 0. The molecule has 0 radical (unpaired) electrons. The van der Waals surface area contributed by atoms with Crippen LogP contribution in [0.15, 0.2) is 72.1 Å². The number of thiophene rings is 1. The summed E-state index contributed by atoms with van der Waals surface area (Å²) < 4.78 is 7.79. The Bertz CT molecular complexity index is 1340. The van der Waals surface area contributed by atoms with Gasteiger partial charge in [0.2, 0.25) is 0 Å². The van der Waals surface area contributed by atoms with Crippen LogP contribution in [0.4, 0.5) is 0 Å². The second-order valence-electron chi connectivity index (χ2n) is 9.01. The number of benzene rings is 2. The van der Waals surface area contributed by atoms with Crippen LogP contribution >= 0.6 is 11.3 Å². The van der Waals surface area contributed by atoms with Gasteiger partial charge in [0.1, 0.15) is 16.3 Å². The second kappa shape index (κ2) is 9.96. The van der Waals surface area contributed by atoms with Gasteiger partial charge in [0, 0.05) is 37.6 Å². The number of hydrogen-bond donors (Lipinski definition) is 0. The zero-order valence-corrected chi connectivity index (χ0v) is 20.8. The number of ether oxygens (including phenoxy) is 1. The van der Waals surface area contributed by atoms with Gasteiger partial charge in [0.15, 0.2) is 6.61 Å². The van der Waals surface area contributed by atoms with Crippen LogP contribution < -0.4 is 4.74 Å². The molecule has 1 aliphatic heterocycles. The summed E-state index contributed by atoms with van der Waals surface area (Å²) in [6.07, 6.45) is 0. The van der Waals surface area contributed by atoms with Crippen molar-refractivity contribution in [3.8, 4) is 5.75 Å². The molecule has 4 aromatic rings. The topological polar surface area (TPSA) is 54.8 Å². The Hall–Kier alpha value is -3.58. The first-order valence-electron chi connectivity index (χ1n) is 11.9. The van der Waals surface area contributed by atoms with Gasteiger partial charge in [0.25, 0.3) is 11.8 Å². The van der Waals surface area contributed by atoms with Crippen LogP contribution in [0.3, 0.4) is 0 Å². The Kier molecular flexibility index (Phi) is 6.59. The largest absolute Gasteiger partial charge is 0.484 e. The normalized spacial score (nSPS) is 16.0. The molecule has 180 valence electrons. The number of aryl methyl sites for hydroxylation is 1. The van der Waals surface area contributed by atoms with E-state index in [9.17, 15) is 9.59 Å². The maximum Gasteiger partial charge on any atom is 0.270 e. The minimum atomic E-state index is -0.0829. The van der Waals surface area contributed by atoms with E-state index in [1.807, 2.05) is 65.3 Å². The molecule has 5 rings (SSSR count). The van der Waals surface area contributed by atoms with Gasteiger partial charge in [-0.2, -0.15) is 0 Å². The predicted octanol–water partition coefficient (Wildman–Crippen LogP) is 4.81. The number of hydrogen-bond acceptors (Lipinski definition) is 4. The van der Waals surface area contributed by atoms with Crippen molar-refractivity contribution in [2.75, 3.05) is 26.2 Å². The van der Waals surface area contributed by atoms with Crippen molar-refractivity contribution in [3.05, 3.63) is 88.9 Å². The van der Waals surface area contributed by atoms with Crippen LogP contribution in [0.1, 0.15) is 28.5 Å². The third kappa shape index (κ3) is 4.82. The fraction of sp³-hybridized carbons (Fsp3) is 0.286. The van der Waals surface area contributed by atoms with Gasteiger partial charge in [-0.05, 0) is 54.6 Å². The van der Waals surface area contributed by atoms with E-state index < -0.39 is 0 Å². The van der Waals surface area contributed by atoms with Crippen molar-refractivity contribution in [3.63, 3.8) is 0 Å². The molecule has 2 aromatic heterocycles. The summed E-state index contributed by atoms with van der Waals surface area (Å²) in [5.41, 5.74) is 3.12. The molecular formula is C28H29N3O3S. The summed E-state index contributed by atoms with van der Waals surface area (Å²) >= 11 is 1.66. The Morgan fingerprint density at radius 1 is 1.03 bits per heavy atom. The molecule has 6 nitrogen and oxygen atoms in total. The standard InChI is InChI=1S/C28H29N3O3S/c1-20-8-6-7-9-23(20)18-31-25(16-22-12-15-35-28(22)31)27(33)29-13-14-30(21(2)17-29)26(32)19-34-24-10-4-3-5-11-24/h3-12,15-16,21H,13-14,17-19H2,1-2H3/t21-/m1/s1. The van der Waals surface area contributed by atoms with E-state index in [2.05, 4.69) is 35.1 Å². The number of fused-ring (bicyclic) bond motifs is 1. The smallest absolute Gasteiger partial charge is 0.270 e. The van der Waals surface area contributed by atoms with Gasteiger partial charge in [0.05, 0.1) is 0 Å². The molecule has 1 saturated heterocycles. The number of piperazine rings is 1. The Morgan fingerprint density at radius 3 is 2.57 bits per heavy atom. The van der Waals surface area contributed by atoms with E-state index in [0.29, 0.717) is 37.6 Å². The molecule has 7 heteroatoms. The number of carbonyl (C=O) groups is 2. The SMILES string of the molecule is Cc1ccccc1Cn1c(C(=O)N2CCN(C(=O)COc3ccccc3)[C@H](C)C2)cc2ccsc21. The fourth-order valence-corrected chi connectivity index (χ4v) is 5.58. The van der Waals surface area contributed by atoms with Crippen LogP contribution in [-0.4, -0.2) is 58.5 Å². The zero-order chi connectivity index (χ0) is 24.4. The van der Waals surface area contributed by atoms with E-state index in [0.717, 1.165) is 10.2 Å². The number of nitrogens with zero attached hydrogens (tertiary/aromatic N) is 3. The maximum atomic E-state index is 13.7. The lowest BCUT2D eigenvalue weighted by Gasteiger charge is -2.39. The molecule has 0 aliphatic carbocycles. The average Bonchev–Trinajstić information content (AvgIpc) is 3.46. The molecule has 0 spiro atoms. The first-order valence-corrected chi connectivity index (χ1v) is 12.8. The predicted molar refractivity (Wildman–Crippen MR) is 139 cm³/mol. The third-order valence-electron chi connectivity index (χ3n) is 6.65. The highest BCUT2D eigenvalue weighted by atomic mass is 32.1. The molecule has 0 bridgehead atoms. The lowest BCUT2D eigenvalue weighted by atomic mass is 10.1. The lowest BCUT2D eigenvalue weighted by molar-refractivity contribution is -0.137. The molecule has 1 fully saturated rings. The van der Waals surface area contributed by atoms with Crippen molar-refractivity contribution < 1.29 is 14.3 Å². The lowest BCUT2D eigenvalue weighted by Crippen LogP contribution is -2.56. The van der Waals surface area contributed by atoms with Crippen molar-refractivity contribution in [1.82, 2.24) is 14.4 Å². The highest BCUT2D eigenvalue weighted by molar-refractivity contribution is 7.16. The van der Waals surface area contributed by atoms with Crippen LogP contribution in [0.2, 0.25) is 0 Å². The first-order chi connectivity index (χ1) is 17.0. The number of para-hydroxylation sites is 1. The van der Waals surface area contributed by atoms with Gasteiger partial charge < -0.3 is 19.1 Å². The molecule has 2 amide bonds. The number of aromatic nitrogens is 1. The first kappa shape index (κ1) is 23.2. The minimum Gasteiger partial charge on any atom is -0.484 e. The molecule has 2 aromatic carbocycles. The number of amides is 2. The van der Waals surface area contributed by atoms with Crippen LogP contribution in [0.25, 0.3) is 10.2 Å². The summed E-state index contributed by atoms with van der Waals surface area (Å²) in [6, 6.07) is 21.6. The van der Waals surface area contributed by atoms with Gasteiger partial charge in [-0.15, -0.1) is 11.3 Å². The minimum absolute atomic E-state index is 0.00213. The van der Waals surface area contributed by atoms with Crippen LogP contribution in [0.5, 0.6) is 5.75 Å². The summed E-state index contributed by atoms with van der Waals surface area (Å²) in [5, 5.41) is 3.16. The van der Waals surface area contributed by atoms with E-state index >= 15 is 0 Å². The molecule has 0 saturated carbocycles. The molecule has 35 heavy (non-hydrogen) atoms. The third-order valence-corrected chi connectivity index (χ3v) is 7.60. The summed E-state index contributed by atoms with van der Waals surface area (Å²) in [6.45, 7) is 6.25. The molecular weight excluding hydrogens is 458 g/mol. The average molecular weight is 488 g/mol. The van der Waals surface area contributed by atoms with Gasteiger partial charge in [-0.1, -0.05) is 42.5 Å². The highest BCUT2D eigenvalue weighted by Gasteiger charge is 2.32. The van der Waals surface area contributed by atoms with Gasteiger partial charge in [-0.3, -0.25) is 9.59 Å². The summed E-state index contributed by atoms with van der Waals surface area (Å²) in [5.74, 6) is 0.634. The van der Waals surface area contributed by atoms with Crippen LogP contribution in [-0.2, 0) is 11.3 Å². The van der Waals surface area contributed by atoms with Crippen molar-refractivity contribution in [1.29, 1.82) is 0 Å². The molecule has 0 N–H and O–H groups in total. The van der Waals surface area contributed by atoms with E-state index in [1.54, 1.807) is 11.3 Å². The Morgan fingerprint density at radius 2 is 1.80 bits per heavy atom. The Balaban J connectivity index is 1.29. The molecule has 1 aliphatic rings. The molecule has 1 atom stereocenters. The van der Waals surface area contributed by atoms with E-state index in [4.69, 9.17) is 4.74 Å².